The highest BCUT2D eigenvalue weighted by atomic mass is 14.5. The summed E-state index contributed by atoms with van der Waals surface area (Å²) in [5, 5.41) is 0. The van der Waals surface area contributed by atoms with Gasteiger partial charge in [-0.3, -0.25) is 0 Å². The Morgan fingerprint density at radius 1 is 0.957 bits per heavy atom. The molecule has 0 spiro atoms. The van der Waals surface area contributed by atoms with Crippen LogP contribution in [0.25, 0.3) is 0 Å². The Kier molecular flexibility index (Phi) is 7.05. The highest BCUT2D eigenvalue weighted by Gasteiger charge is 2.49. The Labute approximate surface area is 147 Å². The summed E-state index contributed by atoms with van der Waals surface area (Å²) < 4.78 is 0. The Morgan fingerprint density at radius 2 is 1.70 bits per heavy atom. The van der Waals surface area contributed by atoms with Gasteiger partial charge in [0.05, 0.1) is 0 Å². The van der Waals surface area contributed by atoms with Crippen molar-refractivity contribution in [1.29, 1.82) is 0 Å². The van der Waals surface area contributed by atoms with E-state index < -0.39 is 0 Å². The van der Waals surface area contributed by atoms with Gasteiger partial charge in [0.2, 0.25) is 0 Å². The van der Waals surface area contributed by atoms with Crippen molar-refractivity contribution in [2.45, 2.75) is 106 Å². The van der Waals surface area contributed by atoms with Crippen LogP contribution in [0.3, 0.4) is 0 Å². The molecule has 0 aromatic carbocycles. The quantitative estimate of drug-likeness (QED) is 0.470. The van der Waals surface area contributed by atoms with E-state index in [-0.39, 0.29) is 0 Å². The van der Waals surface area contributed by atoms with Gasteiger partial charge in [-0.25, -0.2) is 0 Å². The SMILES string of the molecule is CCCCC1CCC(C)(C)C(CCC)C2CC2CC(C(C)C)C1. The first kappa shape index (κ1) is 19.3. The van der Waals surface area contributed by atoms with Gasteiger partial charge in [-0.05, 0) is 79.4 Å². The third kappa shape index (κ3) is 5.23. The fourth-order valence-corrected chi connectivity index (χ4v) is 5.62. The fourth-order valence-electron chi connectivity index (χ4n) is 5.62. The molecule has 0 radical (unpaired) electrons. The lowest BCUT2D eigenvalue weighted by Crippen LogP contribution is -2.29. The second-order valence-electron chi connectivity index (χ2n) is 10.1. The summed E-state index contributed by atoms with van der Waals surface area (Å²) in [6.45, 7) is 14.9. The monoisotopic (exact) mass is 320 g/mol. The molecular formula is C23H44. The van der Waals surface area contributed by atoms with Crippen molar-refractivity contribution in [1.82, 2.24) is 0 Å². The molecule has 0 aromatic heterocycles. The molecule has 0 heterocycles. The highest BCUT2D eigenvalue weighted by Crippen LogP contribution is 2.57. The average Bonchev–Trinajstić information content (AvgIpc) is 3.24. The van der Waals surface area contributed by atoms with E-state index in [9.17, 15) is 0 Å². The minimum atomic E-state index is 0.574. The lowest BCUT2D eigenvalue weighted by molar-refractivity contribution is 0.117. The van der Waals surface area contributed by atoms with E-state index in [0.29, 0.717) is 5.41 Å². The van der Waals surface area contributed by atoms with E-state index in [0.717, 1.165) is 35.5 Å². The molecule has 0 N–H and O–H groups in total. The standard InChI is InChI=1S/C23H44/c1-7-9-11-18-12-13-23(5,6)22(10-8-2)21-16-20(21)15-19(14-18)17(3)4/h17-22H,7-16H2,1-6H3. The van der Waals surface area contributed by atoms with Gasteiger partial charge < -0.3 is 0 Å². The summed E-state index contributed by atoms with van der Waals surface area (Å²) >= 11 is 0. The molecule has 0 saturated heterocycles. The van der Waals surface area contributed by atoms with Gasteiger partial charge in [0.25, 0.3) is 0 Å². The van der Waals surface area contributed by atoms with Crippen LogP contribution in [0.5, 0.6) is 0 Å². The lowest BCUT2D eigenvalue weighted by atomic mass is 9.67. The first-order valence-electron chi connectivity index (χ1n) is 10.9. The Morgan fingerprint density at radius 3 is 2.30 bits per heavy atom. The van der Waals surface area contributed by atoms with Crippen molar-refractivity contribution >= 4 is 0 Å². The summed E-state index contributed by atoms with van der Waals surface area (Å²) in [6, 6.07) is 0. The van der Waals surface area contributed by atoms with Crippen molar-refractivity contribution in [3.05, 3.63) is 0 Å². The predicted molar refractivity (Wildman–Crippen MR) is 104 cm³/mol. The Balaban J connectivity index is 2.11. The van der Waals surface area contributed by atoms with Gasteiger partial charge in [0, 0.05) is 0 Å². The molecule has 0 nitrogen and oxygen atoms in total. The number of unbranched alkanes of at least 4 members (excludes halogenated alkanes) is 1. The van der Waals surface area contributed by atoms with Gasteiger partial charge in [-0.2, -0.15) is 0 Å². The van der Waals surface area contributed by atoms with Crippen molar-refractivity contribution < 1.29 is 0 Å². The van der Waals surface area contributed by atoms with Crippen LogP contribution in [0, 0.1) is 40.9 Å². The van der Waals surface area contributed by atoms with Crippen LogP contribution < -0.4 is 0 Å². The number of fused-ring (bicyclic) bond motifs is 1. The molecular weight excluding hydrogens is 276 g/mol. The number of rotatable bonds is 6. The van der Waals surface area contributed by atoms with Crippen LogP contribution >= 0.6 is 0 Å². The maximum Gasteiger partial charge on any atom is -0.0323 e. The van der Waals surface area contributed by atoms with Crippen LogP contribution in [0.2, 0.25) is 0 Å². The molecule has 0 aromatic rings. The van der Waals surface area contributed by atoms with Crippen LogP contribution in [0.15, 0.2) is 0 Å². The number of hydrogen-bond donors (Lipinski definition) is 0. The van der Waals surface area contributed by atoms with Gasteiger partial charge in [-0.15, -0.1) is 0 Å². The summed E-state index contributed by atoms with van der Waals surface area (Å²) in [4.78, 5) is 0. The predicted octanol–water partition coefficient (Wildman–Crippen LogP) is 7.72. The molecule has 2 aliphatic carbocycles. The zero-order valence-corrected chi connectivity index (χ0v) is 17.0. The smallest absolute Gasteiger partial charge is 0.0323 e. The van der Waals surface area contributed by atoms with Crippen LogP contribution in [0.4, 0.5) is 0 Å². The summed E-state index contributed by atoms with van der Waals surface area (Å²) in [6.07, 6.45) is 14.7. The Bertz CT molecular complexity index is 340. The molecule has 2 aliphatic rings. The minimum Gasteiger partial charge on any atom is -0.0654 e. The molecule has 5 atom stereocenters. The van der Waals surface area contributed by atoms with Crippen LogP contribution in [-0.2, 0) is 0 Å². The molecule has 23 heavy (non-hydrogen) atoms. The third-order valence-corrected chi connectivity index (χ3v) is 7.44. The van der Waals surface area contributed by atoms with Crippen molar-refractivity contribution in [3.63, 3.8) is 0 Å². The van der Waals surface area contributed by atoms with Gasteiger partial charge in [0.1, 0.15) is 0 Å². The van der Waals surface area contributed by atoms with E-state index in [1.165, 1.54) is 51.4 Å². The molecule has 0 aliphatic heterocycles. The van der Waals surface area contributed by atoms with Crippen molar-refractivity contribution in [2.75, 3.05) is 0 Å². The van der Waals surface area contributed by atoms with E-state index in [2.05, 4.69) is 41.5 Å². The first-order valence-corrected chi connectivity index (χ1v) is 10.9. The lowest BCUT2D eigenvalue weighted by Gasteiger charge is -2.38. The molecule has 2 saturated carbocycles. The summed E-state index contributed by atoms with van der Waals surface area (Å²) in [5.74, 6) is 6.02. The summed E-state index contributed by atoms with van der Waals surface area (Å²) in [7, 11) is 0. The zero-order chi connectivity index (χ0) is 17.0. The van der Waals surface area contributed by atoms with Crippen LogP contribution in [0.1, 0.15) is 106 Å². The third-order valence-electron chi connectivity index (χ3n) is 7.44. The van der Waals surface area contributed by atoms with Gasteiger partial charge in [-0.1, -0.05) is 67.2 Å². The number of hydrogen-bond acceptors (Lipinski definition) is 0. The zero-order valence-electron chi connectivity index (χ0n) is 17.0. The van der Waals surface area contributed by atoms with Crippen molar-refractivity contribution in [3.8, 4) is 0 Å². The molecule has 5 unspecified atom stereocenters. The van der Waals surface area contributed by atoms with Gasteiger partial charge >= 0.3 is 0 Å². The minimum absolute atomic E-state index is 0.574. The van der Waals surface area contributed by atoms with E-state index in [1.54, 1.807) is 12.8 Å². The van der Waals surface area contributed by atoms with Crippen molar-refractivity contribution in [2.24, 2.45) is 40.9 Å². The summed E-state index contributed by atoms with van der Waals surface area (Å²) in [5.41, 5.74) is 0.574. The molecule has 0 heteroatoms. The average molecular weight is 321 g/mol. The normalized spacial score (nSPS) is 37.4. The van der Waals surface area contributed by atoms with E-state index in [1.807, 2.05) is 0 Å². The molecule has 2 rings (SSSR count). The largest absolute Gasteiger partial charge is 0.0654 e. The topological polar surface area (TPSA) is 0 Å². The van der Waals surface area contributed by atoms with E-state index in [4.69, 9.17) is 0 Å². The fraction of sp³-hybridized carbons (Fsp3) is 1.00. The molecule has 0 bridgehead atoms. The Hall–Kier alpha value is 0. The van der Waals surface area contributed by atoms with E-state index >= 15 is 0 Å². The maximum atomic E-state index is 2.60. The van der Waals surface area contributed by atoms with Crippen LogP contribution in [-0.4, -0.2) is 0 Å². The molecule has 136 valence electrons. The van der Waals surface area contributed by atoms with Gasteiger partial charge in [0.15, 0.2) is 0 Å². The molecule has 2 fully saturated rings. The maximum absolute atomic E-state index is 2.60. The second-order valence-corrected chi connectivity index (χ2v) is 10.1. The second kappa shape index (κ2) is 8.39. The highest BCUT2D eigenvalue weighted by molar-refractivity contribution is 4.98. The first-order chi connectivity index (χ1) is 10.9. The molecule has 0 amide bonds.